The molecule has 2 rings (SSSR count). The lowest BCUT2D eigenvalue weighted by atomic mass is 10.3. The van der Waals surface area contributed by atoms with E-state index in [-0.39, 0.29) is 4.90 Å². The maximum atomic E-state index is 12.0. The molecule has 2 amide bonds. The van der Waals surface area contributed by atoms with Gasteiger partial charge >= 0.3 is 6.03 Å². The number of hydrogen-bond donors (Lipinski definition) is 3. The van der Waals surface area contributed by atoms with Gasteiger partial charge in [0.25, 0.3) is 0 Å². The zero-order valence-electron chi connectivity index (χ0n) is 13.4. The summed E-state index contributed by atoms with van der Waals surface area (Å²) in [5, 5.41) is 5.30. The van der Waals surface area contributed by atoms with Crippen molar-refractivity contribution < 1.29 is 17.9 Å². The predicted molar refractivity (Wildman–Crippen MR) is 92.9 cm³/mol. The lowest BCUT2D eigenvalue weighted by Crippen LogP contribution is -2.23. The van der Waals surface area contributed by atoms with Crippen LogP contribution in [0.25, 0.3) is 0 Å². The first-order valence-corrected chi connectivity index (χ1v) is 8.75. The van der Waals surface area contributed by atoms with Crippen molar-refractivity contribution in [3.8, 4) is 5.75 Å². The van der Waals surface area contributed by atoms with Gasteiger partial charge < -0.3 is 15.4 Å². The van der Waals surface area contributed by atoms with Crippen LogP contribution in [0.4, 0.5) is 16.2 Å². The summed E-state index contributed by atoms with van der Waals surface area (Å²) in [6, 6.07) is 12.5. The van der Waals surface area contributed by atoms with Crippen LogP contribution in [-0.2, 0) is 10.0 Å². The maximum absolute atomic E-state index is 12.0. The van der Waals surface area contributed by atoms with Gasteiger partial charge in [0, 0.05) is 12.2 Å². The van der Waals surface area contributed by atoms with E-state index in [0.29, 0.717) is 23.7 Å². The van der Waals surface area contributed by atoms with E-state index in [0.717, 1.165) is 0 Å². The van der Waals surface area contributed by atoms with Crippen molar-refractivity contribution in [3.05, 3.63) is 48.5 Å². The molecule has 0 saturated heterocycles. The van der Waals surface area contributed by atoms with Crippen LogP contribution in [0, 0.1) is 0 Å². The number of carbonyl (C=O) groups excluding carboxylic acids is 1. The van der Waals surface area contributed by atoms with Gasteiger partial charge in [0.1, 0.15) is 5.75 Å². The van der Waals surface area contributed by atoms with Gasteiger partial charge in [-0.1, -0.05) is 19.1 Å². The van der Waals surface area contributed by atoms with E-state index in [1.54, 1.807) is 31.2 Å². The predicted octanol–water partition coefficient (Wildman–Crippen LogP) is 2.64. The molecule has 7 nitrogen and oxygen atoms in total. The SMILES string of the molecule is CCNS(=O)(=O)c1ccc(NC(=O)Nc2ccccc2OC)cc1. The lowest BCUT2D eigenvalue weighted by molar-refractivity contribution is 0.262. The lowest BCUT2D eigenvalue weighted by Gasteiger charge is -2.11. The molecule has 0 saturated carbocycles. The summed E-state index contributed by atoms with van der Waals surface area (Å²) in [5.74, 6) is 0.541. The first-order valence-electron chi connectivity index (χ1n) is 7.27. The van der Waals surface area contributed by atoms with Gasteiger partial charge in [0.2, 0.25) is 10.0 Å². The van der Waals surface area contributed by atoms with Gasteiger partial charge in [-0.15, -0.1) is 0 Å². The van der Waals surface area contributed by atoms with E-state index >= 15 is 0 Å². The Kier molecular flexibility index (Phi) is 5.78. The van der Waals surface area contributed by atoms with Gasteiger partial charge in [-0.25, -0.2) is 17.9 Å². The van der Waals surface area contributed by atoms with Gasteiger partial charge in [-0.05, 0) is 36.4 Å². The molecule has 0 radical (unpaired) electrons. The average molecular weight is 349 g/mol. The molecule has 2 aromatic carbocycles. The highest BCUT2D eigenvalue weighted by Gasteiger charge is 2.12. The Labute approximate surface area is 141 Å². The quantitative estimate of drug-likeness (QED) is 0.747. The number of amides is 2. The molecule has 0 bridgehead atoms. The topological polar surface area (TPSA) is 96.5 Å². The maximum Gasteiger partial charge on any atom is 0.323 e. The van der Waals surface area contributed by atoms with Crippen LogP contribution in [0.2, 0.25) is 0 Å². The van der Waals surface area contributed by atoms with Crippen LogP contribution in [0.5, 0.6) is 5.75 Å². The van der Waals surface area contributed by atoms with E-state index in [1.165, 1.54) is 31.4 Å². The molecule has 3 N–H and O–H groups in total. The molecule has 128 valence electrons. The van der Waals surface area contributed by atoms with Gasteiger partial charge in [-0.2, -0.15) is 0 Å². The summed E-state index contributed by atoms with van der Waals surface area (Å²) < 4.78 is 31.3. The molecule has 0 unspecified atom stereocenters. The van der Waals surface area contributed by atoms with Crippen molar-refractivity contribution in [2.75, 3.05) is 24.3 Å². The van der Waals surface area contributed by atoms with Crippen LogP contribution in [-0.4, -0.2) is 28.1 Å². The molecule has 0 spiro atoms. The number of nitrogens with one attached hydrogen (secondary N) is 3. The summed E-state index contributed by atoms with van der Waals surface area (Å²) in [6.45, 7) is 2.01. The standard InChI is InChI=1S/C16H19N3O4S/c1-3-17-24(21,22)13-10-8-12(9-11-13)18-16(20)19-14-6-4-5-7-15(14)23-2/h4-11,17H,3H2,1-2H3,(H2,18,19,20). The smallest absolute Gasteiger partial charge is 0.323 e. The van der Waals surface area contributed by atoms with Crippen molar-refractivity contribution in [3.63, 3.8) is 0 Å². The molecule has 0 heterocycles. The number of para-hydroxylation sites is 2. The first-order chi connectivity index (χ1) is 11.5. The van der Waals surface area contributed by atoms with Crippen molar-refractivity contribution >= 4 is 27.4 Å². The number of rotatable bonds is 6. The molecule has 0 fully saturated rings. The zero-order chi connectivity index (χ0) is 17.6. The minimum absolute atomic E-state index is 0.139. The fraction of sp³-hybridized carbons (Fsp3) is 0.188. The molecule has 2 aromatic rings. The summed E-state index contributed by atoms with van der Waals surface area (Å²) in [7, 11) is -1.99. The highest BCUT2D eigenvalue weighted by molar-refractivity contribution is 7.89. The molecule has 8 heteroatoms. The molecule has 24 heavy (non-hydrogen) atoms. The Balaban J connectivity index is 2.05. The van der Waals surface area contributed by atoms with E-state index < -0.39 is 16.1 Å². The third-order valence-corrected chi connectivity index (χ3v) is 4.67. The minimum atomic E-state index is -3.51. The highest BCUT2D eigenvalue weighted by Crippen LogP contribution is 2.23. The molecule has 0 atom stereocenters. The van der Waals surface area contributed by atoms with Crippen LogP contribution in [0.1, 0.15) is 6.92 Å². The number of benzene rings is 2. The average Bonchev–Trinajstić information content (AvgIpc) is 2.55. The Morgan fingerprint density at radius 1 is 1.04 bits per heavy atom. The summed E-state index contributed by atoms with van der Waals surface area (Å²) in [6.07, 6.45) is 0. The van der Waals surface area contributed by atoms with Crippen molar-refractivity contribution in [2.45, 2.75) is 11.8 Å². The second-order valence-electron chi connectivity index (χ2n) is 4.81. The van der Waals surface area contributed by atoms with Gasteiger partial charge in [0.05, 0.1) is 17.7 Å². The molecule has 0 aromatic heterocycles. The summed E-state index contributed by atoms with van der Waals surface area (Å²) >= 11 is 0. The largest absolute Gasteiger partial charge is 0.495 e. The van der Waals surface area contributed by atoms with E-state index in [2.05, 4.69) is 15.4 Å². The second-order valence-corrected chi connectivity index (χ2v) is 6.57. The van der Waals surface area contributed by atoms with Crippen molar-refractivity contribution in [1.82, 2.24) is 4.72 Å². The normalized spacial score (nSPS) is 10.9. The number of sulfonamides is 1. The molecule has 0 aliphatic carbocycles. The Bertz CT molecular complexity index is 804. The fourth-order valence-corrected chi connectivity index (χ4v) is 3.06. The number of anilines is 2. The van der Waals surface area contributed by atoms with Crippen LogP contribution in [0.3, 0.4) is 0 Å². The first kappa shape index (κ1) is 17.8. The second kappa shape index (κ2) is 7.80. The van der Waals surface area contributed by atoms with Gasteiger partial charge in [-0.3, -0.25) is 0 Å². The van der Waals surface area contributed by atoms with Crippen LogP contribution < -0.4 is 20.1 Å². The van der Waals surface area contributed by atoms with E-state index in [4.69, 9.17) is 4.74 Å². The van der Waals surface area contributed by atoms with Crippen molar-refractivity contribution in [1.29, 1.82) is 0 Å². The van der Waals surface area contributed by atoms with Crippen molar-refractivity contribution in [2.24, 2.45) is 0 Å². The summed E-state index contributed by atoms with van der Waals surface area (Å²) in [5.41, 5.74) is 1.00. The van der Waals surface area contributed by atoms with Crippen LogP contribution in [0.15, 0.2) is 53.4 Å². The number of carbonyl (C=O) groups is 1. The number of ether oxygens (including phenoxy) is 1. The number of methoxy groups -OCH3 is 1. The van der Waals surface area contributed by atoms with Gasteiger partial charge in [0.15, 0.2) is 0 Å². The molecular formula is C16H19N3O4S. The number of hydrogen-bond acceptors (Lipinski definition) is 4. The fourth-order valence-electron chi connectivity index (χ4n) is 2.02. The molecule has 0 aliphatic rings. The van der Waals surface area contributed by atoms with E-state index in [9.17, 15) is 13.2 Å². The Morgan fingerprint density at radius 3 is 2.33 bits per heavy atom. The zero-order valence-corrected chi connectivity index (χ0v) is 14.2. The third-order valence-electron chi connectivity index (χ3n) is 3.11. The summed E-state index contributed by atoms with van der Waals surface area (Å²) in [4.78, 5) is 12.2. The molecular weight excluding hydrogens is 330 g/mol. The Morgan fingerprint density at radius 2 is 1.71 bits per heavy atom. The molecule has 0 aliphatic heterocycles. The van der Waals surface area contributed by atoms with E-state index in [1.807, 2.05) is 0 Å². The minimum Gasteiger partial charge on any atom is -0.495 e. The van der Waals surface area contributed by atoms with Crippen LogP contribution >= 0.6 is 0 Å². The third kappa shape index (κ3) is 4.46. The monoisotopic (exact) mass is 349 g/mol. The number of urea groups is 1. The highest BCUT2D eigenvalue weighted by atomic mass is 32.2. The Hall–Kier alpha value is -2.58.